The summed E-state index contributed by atoms with van der Waals surface area (Å²) in [6, 6.07) is 5.34. The maximum absolute atomic E-state index is 9.61. The number of phenols is 1. The first kappa shape index (κ1) is 17.2. The molecule has 0 atom stereocenters. The van der Waals surface area contributed by atoms with Gasteiger partial charge in [0.1, 0.15) is 17.1 Å². The van der Waals surface area contributed by atoms with E-state index in [9.17, 15) is 5.11 Å². The van der Waals surface area contributed by atoms with E-state index in [-0.39, 0.29) is 5.75 Å². The van der Waals surface area contributed by atoms with Gasteiger partial charge in [-0.1, -0.05) is 20.8 Å². The van der Waals surface area contributed by atoms with Crippen LogP contribution in [0.3, 0.4) is 0 Å². The van der Waals surface area contributed by atoms with Crippen LogP contribution in [-0.4, -0.2) is 33.9 Å². The maximum Gasteiger partial charge on any atom is 0.117 e. The lowest BCUT2D eigenvalue weighted by Crippen LogP contribution is -2.08. The molecule has 5 nitrogen and oxygen atoms in total. The third kappa shape index (κ3) is 3.62. The molecule has 23 heavy (non-hydrogen) atoms. The zero-order chi connectivity index (χ0) is 17.0. The Morgan fingerprint density at radius 1 is 1.22 bits per heavy atom. The molecule has 0 fully saturated rings. The molecule has 0 amide bonds. The van der Waals surface area contributed by atoms with Gasteiger partial charge in [-0.3, -0.25) is 4.98 Å². The molecule has 1 N–H and O–H groups in total. The van der Waals surface area contributed by atoms with Gasteiger partial charge in [0.2, 0.25) is 0 Å². The number of aryl methyl sites for hydroxylation is 1. The summed E-state index contributed by atoms with van der Waals surface area (Å²) in [4.78, 5) is 9.10. The minimum Gasteiger partial charge on any atom is -0.508 e. The van der Waals surface area contributed by atoms with Crippen LogP contribution < -0.4 is 0 Å². The molecular formula is C18H25N3O2. The second-order valence-corrected chi connectivity index (χ2v) is 5.99. The van der Waals surface area contributed by atoms with E-state index >= 15 is 0 Å². The molecular weight excluding hydrogens is 290 g/mol. The molecule has 124 valence electrons. The summed E-state index contributed by atoms with van der Waals surface area (Å²) in [5, 5.41) is 10.7. The van der Waals surface area contributed by atoms with Gasteiger partial charge in [0.05, 0.1) is 17.2 Å². The largest absolute Gasteiger partial charge is 0.508 e. The van der Waals surface area contributed by atoms with E-state index in [0.717, 1.165) is 40.7 Å². The summed E-state index contributed by atoms with van der Waals surface area (Å²) in [6.45, 7) is 7.49. The number of aromatic nitrogens is 3. The topological polar surface area (TPSA) is 60.2 Å². The summed E-state index contributed by atoms with van der Waals surface area (Å²) >= 11 is 0. The average molecular weight is 315 g/mol. The number of hydrogen-bond acceptors (Lipinski definition) is 4. The molecule has 0 saturated heterocycles. The Bertz CT molecular complexity index is 794. The first-order valence-corrected chi connectivity index (χ1v) is 7.88. The van der Waals surface area contributed by atoms with Crippen LogP contribution in [0, 0.1) is 5.92 Å². The van der Waals surface area contributed by atoms with Crippen molar-refractivity contribution >= 4 is 21.9 Å². The fraction of sp³-hybridized carbons (Fsp3) is 0.444. The summed E-state index contributed by atoms with van der Waals surface area (Å²) < 4.78 is 6.54. The molecule has 2 heterocycles. The summed E-state index contributed by atoms with van der Waals surface area (Å²) in [5.74, 6) is 1.89. The van der Waals surface area contributed by atoms with E-state index in [2.05, 4.69) is 35.1 Å². The number of imidazole rings is 1. The maximum atomic E-state index is 9.61. The lowest BCUT2D eigenvalue weighted by Gasteiger charge is -2.12. The van der Waals surface area contributed by atoms with Gasteiger partial charge in [-0.15, -0.1) is 0 Å². The number of pyridine rings is 1. The van der Waals surface area contributed by atoms with Gasteiger partial charge in [-0.05, 0) is 18.1 Å². The Morgan fingerprint density at radius 2 is 1.91 bits per heavy atom. The molecule has 0 aliphatic carbocycles. The minimum atomic E-state index is 0.245. The van der Waals surface area contributed by atoms with Crippen molar-refractivity contribution in [3.05, 3.63) is 30.2 Å². The van der Waals surface area contributed by atoms with Gasteiger partial charge in [-0.25, -0.2) is 4.98 Å². The van der Waals surface area contributed by atoms with Crippen LogP contribution in [-0.2, 0) is 17.7 Å². The van der Waals surface area contributed by atoms with Crippen LogP contribution in [0.15, 0.2) is 24.4 Å². The van der Waals surface area contributed by atoms with Crippen LogP contribution in [0.5, 0.6) is 5.75 Å². The van der Waals surface area contributed by atoms with E-state index in [1.54, 1.807) is 32.5 Å². The third-order valence-electron chi connectivity index (χ3n) is 3.50. The predicted octanol–water partition coefficient (Wildman–Crippen LogP) is 3.77. The normalized spacial score (nSPS) is 11.0. The van der Waals surface area contributed by atoms with Crippen molar-refractivity contribution in [2.75, 3.05) is 14.2 Å². The Morgan fingerprint density at radius 3 is 2.52 bits per heavy atom. The molecule has 0 bridgehead atoms. The quantitative estimate of drug-likeness (QED) is 0.799. The van der Waals surface area contributed by atoms with Crippen LogP contribution in [0.2, 0.25) is 0 Å². The zero-order valence-electron chi connectivity index (χ0n) is 14.5. The van der Waals surface area contributed by atoms with Crippen LogP contribution in [0.1, 0.15) is 26.6 Å². The Hall–Kier alpha value is -2.14. The fourth-order valence-electron chi connectivity index (χ4n) is 2.68. The highest BCUT2D eigenvalue weighted by atomic mass is 16.4. The van der Waals surface area contributed by atoms with Gasteiger partial charge in [0.15, 0.2) is 0 Å². The van der Waals surface area contributed by atoms with Crippen molar-refractivity contribution in [3.8, 4) is 5.75 Å². The molecule has 1 aromatic carbocycles. The van der Waals surface area contributed by atoms with Crippen LogP contribution in [0.25, 0.3) is 21.9 Å². The predicted molar refractivity (Wildman–Crippen MR) is 93.8 cm³/mol. The number of ether oxygens (including phenoxy) is 1. The van der Waals surface area contributed by atoms with Crippen molar-refractivity contribution in [1.29, 1.82) is 0 Å². The number of nitrogens with zero attached hydrogens (tertiary/aromatic N) is 3. The Balaban J connectivity index is 0.000000595. The van der Waals surface area contributed by atoms with Gasteiger partial charge < -0.3 is 14.4 Å². The third-order valence-corrected chi connectivity index (χ3v) is 3.50. The van der Waals surface area contributed by atoms with E-state index < -0.39 is 0 Å². The van der Waals surface area contributed by atoms with Crippen molar-refractivity contribution in [1.82, 2.24) is 14.5 Å². The number of hydrogen-bond donors (Lipinski definition) is 1. The van der Waals surface area contributed by atoms with Crippen molar-refractivity contribution < 1.29 is 9.84 Å². The van der Waals surface area contributed by atoms with Crippen molar-refractivity contribution in [2.24, 2.45) is 5.92 Å². The highest BCUT2D eigenvalue weighted by Gasteiger charge is 2.14. The summed E-state index contributed by atoms with van der Waals surface area (Å²) in [5.41, 5.74) is 2.87. The average Bonchev–Trinajstić information content (AvgIpc) is 2.85. The number of phenolic OH excluding ortho intramolecular Hbond substituents is 1. The minimum absolute atomic E-state index is 0.245. The fourth-order valence-corrected chi connectivity index (χ4v) is 2.68. The van der Waals surface area contributed by atoms with E-state index in [1.807, 2.05) is 6.07 Å². The Kier molecular flexibility index (Phi) is 5.55. The molecule has 3 aromatic rings. The number of aromatic hydroxyl groups is 1. The number of methoxy groups -OCH3 is 1. The first-order valence-electron chi connectivity index (χ1n) is 7.88. The summed E-state index contributed by atoms with van der Waals surface area (Å²) in [7, 11) is 3.25. The van der Waals surface area contributed by atoms with Gasteiger partial charge in [0.25, 0.3) is 0 Å². The van der Waals surface area contributed by atoms with Crippen molar-refractivity contribution in [3.63, 3.8) is 0 Å². The lowest BCUT2D eigenvalue weighted by molar-refractivity contribution is 0.277. The smallest absolute Gasteiger partial charge is 0.117 e. The zero-order valence-corrected chi connectivity index (χ0v) is 14.5. The van der Waals surface area contributed by atoms with Crippen molar-refractivity contribution in [2.45, 2.75) is 33.7 Å². The van der Waals surface area contributed by atoms with E-state index in [1.165, 1.54) is 0 Å². The Labute approximate surface area is 136 Å². The molecule has 5 heteroatoms. The molecule has 0 aliphatic rings. The van der Waals surface area contributed by atoms with Gasteiger partial charge in [0, 0.05) is 38.6 Å². The van der Waals surface area contributed by atoms with E-state index in [0.29, 0.717) is 5.92 Å². The van der Waals surface area contributed by atoms with Crippen LogP contribution in [0.4, 0.5) is 0 Å². The highest BCUT2D eigenvalue weighted by molar-refractivity contribution is 6.02. The number of benzene rings is 1. The standard InChI is InChI=1S/C16H19N3O.C2H6O/c1-4-15-18-14-8-17-13-7-11(20)5-6-12(13)16(14)19(15)9-10(2)3;1-3-2/h5-8,10,20H,4,9H2,1-3H3;1-2H3. The molecule has 2 aromatic heterocycles. The molecule has 0 spiro atoms. The molecule has 3 rings (SSSR count). The highest BCUT2D eigenvalue weighted by Crippen LogP contribution is 2.28. The SMILES string of the molecule is CCc1nc2cnc3cc(O)ccc3c2n1CC(C)C.COC. The first-order chi connectivity index (χ1) is 11.0. The van der Waals surface area contributed by atoms with Gasteiger partial charge in [-0.2, -0.15) is 0 Å². The molecule has 0 aliphatic heterocycles. The molecule has 0 radical (unpaired) electrons. The molecule has 0 unspecified atom stereocenters. The number of fused-ring (bicyclic) bond motifs is 3. The monoisotopic (exact) mass is 315 g/mol. The second-order valence-electron chi connectivity index (χ2n) is 5.99. The van der Waals surface area contributed by atoms with Gasteiger partial charge >= 0.3 is 0 Å². The molecule has 0 saturated carbocycles. The lowest BCUT2D eigenvalue weighted by atomic mass is 10.1. The number of rotatable bonds is 3. The second kappa shape index (κ2) is 7.42. The summed E-state index contributed by atoms with van der Waals surface area (Å²) in [6.07, 6.45) is 2.70. The van der Waals surface area contributed by atoms with E-state index in [4.69, 9.17) is 4.98 Å². The van der Waals surface area contributed by atoms with Crippen LogP contribution >= 0.6 is 0 Å².